The molecule has 0 aliphatic heterocycles. The average molecular weight is 562 g/mol. The Balaban J connectivity index is 1.34. The van der Waals surface area contributed by atoms with E-state index < -0.39 is 0 Å². The van der Waals surface area contributed by atoms with Gasteiger partial charge in [-0.2, -0.15) is 0 Å². The summed E-state index contributed by atoms with van der Waals surface area (Å²) >= 11 is 0. The van der Waals surface area contributed by atoms with Crippen molar-refractivity contribution in [2.45, 2.75) is 0 Å². The van der Waals surface area contributed by atoms with Gasteiger partial charge in [0.15, 0.2) is 17.5 Å². The van der Waals surface area contributed by atoms with E-state index in [0.29, 0.717) is 17.5 Å². The van der Waals surface area contributed by atoms with Crippen molar-refractivity contribution in [3.63, 3.8) is 0 Å². The molecule has 0 saturated carbocycles. The molecule has 206 valence electrons. The van der Waals surface area contributed by atoms with E-state index in [2.05, 4.69) is 97.1 Å². The molecule has 0 aliphatic carbocycles. The Bertz CT molecular complexity index is 2200. The van der Waals surface area contributed by atoms with Crippen LogP contribution in [0, 0.1) is 0 Å². The lowest BCUT2D eigenvalue weighted by Gasteiger charge is -2.13. The summed E-state index contributed by atoms with van der Waals surface area (Å²) < 4.78 is 0. The van der Waals surface area contributed by atoms with E-state index in [9.17, 15) is 0 Å². The highest BCUT2D eigenvalue weighted by Gasteiger charge is 2.15. The van der Waals surface area contributed by atoms with E-state index in [0.717, 1.165) is 38.9 Å². The lowest BCUT2D eigenvalue weighted by molar-refractivity contribution is 1.07. The van der Waals surface area contributed by atoms with Gasteiger partial charge in [0.1, 0.15) is 0 Å². The average Bonchev–Trinajstić information content (AvgIpc) is 3.12. The molecule has 8 rings (SSSR count). The molecule has 0 amide bonds. The van der Waals surface area contributed by atoms with Gasteiger partial charge in [0.2, 0.25) is 0 Å². The van der Waals surface area contributed by atoms with Crippen molar-refractivity contribution in [1.29, 1.82) is 0 Å². The van der Waals surface area contributed by atoms with Gasteiger partial charge in [-0.05, 0) is 68.1 Å². The van der Waals surface area contributed by atoms with Crippen LogP contribution in [-0.4, -0.2) is 15.0 Å². The molecule has 44 heavy (non-hydrogen) atoms. The Morgan fingerprint density at radius 1 is 0.250 bits per heavy atom. The van der Waals surface area contributed by atoms with Gasteiger partial charge in [-0.15, -0.1) is 0 Å². The number of fused-ring (bicyclic) bond motifs is 3. The topological polar surface area (TPSA) is 38.7 Å². The SMILES string of the molecule is c1ccc(-c2cc(-c3ccc4c(ccc5ccccc54)c3)cc(-c3nc(-c4ccccc4)nc(-c4ccccc4)n3)c2)cc1. The quantitative estimate of drug-likeness (QED) is 0.196. The van der Waals surface area contributed by atoms with Crippen molar-refractivity contribution >= 4 is 21.5 Å². The molecule has 0 saturated heterocycles. The Labute approximate surface area is 256 Å². The van der Waals surface area contributed by atoms with Crippen LogP contribution >= 0.6 is 0 Å². The molecule has 0 spiro atoms. The molecule has 0 aliphatic rings. The molecule has 3 nitrogen and oxygen atoms in total. The Kier molecular flexibility index (Phi) is 6.47. The molecular formula is C41H27N3. The number of hydrogen-bond donors (Lipinski definition) is 0. The number of nitrogens with zero attached hydrogens (tertiary/aromatic N) is 3. The van der Waals surface area contributed by atoms with Gasteiger partial charge in [-0.1, -0.05) is 140 Å². The summed E-state index contributed by atoms with van der Waals surface area (Å²) in [6, 6.07) is 57.1. The van der Waals surface area contributed by atoms with E-state index in [1.165, 1.54) is 21.5 Å². The second-order valence-corrected chi connectivity index (χ2v) is 10.9. The van der Waals surface area contributed by atoms with Crippen LogP contribution in [0.1, 0.15) is 0 Å². The smallest absolute Gasteiger partial charge is 0.164 e. The maximum atomic E-state index is 5.03. The second kappa shape index (κ2) is 11.0. The third kappa shape index (κ3) is 4.91. The fraction of sp³-hybridized carbons (Fsp3) is 0. The van der Waals surface area contributed by atoms with Crippen molar-refractivity contribution in [3.05, 3.63) is 164 Å². The number of aromatic nitrogens is 3. The van der Waals surface area contributed by atoms with Gasteiger partial charge in [0.25, 0.3) is 0 Å². The van der Waals surface area contributed by atoms with Gasteiger partial charge >= 0.3 is 0 Å². The highest BCUT2D eigenvalue weighted by molar-refractivity contribution is 6.08. The first-order chi connectivity index (χ1) is 21.8. The summed E-state index contributed by atoms with van der Waals surface area (Å²) in [5.41, 5.74) is 7.36. The van der Waals surface area contributed by atoms with Crippen molar-refractivity contribution < 1.29 is 0 Å². The van der Waals surface area contributed by atoms with E-state index in [-0.39, 0.29) is 0 Å². The van der Waals surface area contributed by atoms with Crippen LogP contribution in [0.3, 0.4) is 0 Å². The van der Waals surface area contributed by atoms with Crippen LogP contribution in [0.15, 0.2) is 164 Å². The molecule has 1 heterocycles. The van der Waals surface area contributed by atoms with Crippen molar-refractivity contribution in [2.75, 3.05) is 0 Å². The van der Waals surface area contributed by atoms with Gasteiger partial charge in [-0.25, -0.2) is 15.0 Å². The van der Waals surface area contributed by atoms with E-state index in [1.54, 1.807) is 0 Å². The highest BCUT2D eigenvalue weighted by Crippen LogP contribution is 2.35. The molecule has 0 bridgehead atoms. The normalized spacial score (nSPS) is 11.2. The first-order valence-corrected chi connectivity index (χ1v) is 14.8. The molecule has 0 N–H and O–H groups in total. The van der Waals surface area contributed by atoms with Crippen LogP contribution < -0.4 is 0 Å². The van der Waals surface area contributed by atoms with Crippen LogP contribution in [-0.2, 0) is 0 Å². The maximum Gasteiger partial charge on any atom is 0.164 e. The largest absolute Gasteiger partial charge is 0.208 e. The minimum atomic E-state index is 0.642. The molecule has 0 atom stereocenters. The Morgan fingerprint density at radius 2 is 0.705 bits per heavy atom. The maximum absolute atomic E-state index is 5.03. The second-order valence-electron chi connectivity index (χ2n) is 10.9. The summed E-state index contributed by atoms with van der Waals surface area (Å²) in [6.45, 7) is 0. The predicted molar refractivity (Wildman–Crippen MR) is 182 cm³/mol. The van der Waals surface area contributed by atoms with Crippen molar-refractivity contribution in [1.82, 2.24) is 15.0 Å². The third-order valence-corrected chi connectivity index (χ3v) is 8.08. The summed E-state index contributed by atoms with van der Waals surface area (Å²) in [5, 5.41) is 4.98. The van der Waals surface area contributed by atoms with E-state index >= 15 is 0 Å². The van der Waals surface area contributed by atoms with Crippen LogP contribution in [0.5, 0.6) is 0 Å². The molecule has 8 aromatic rings. The molecule has 7 aromatic carbocycles. The first-order valence-electron chi connectivity index (χ1n) is 14.8. The molecule has 0 radical (unpaired) electrons. The molecule has 1 aromatic heterocycles. The lowest BCUT2D eigenvalue weighted by atomic mass is 9.93. The van der Waals surface area contributed by atoms with Crippen LogP contribution in [0.2, 0.25) is 0 Å². The standard InChI is InChI=1S/C41H27N3/c1-4-12-28(13-5-1)34-25-35(32-22-23-38-33(24-32)21-20-29-14-10-11-19-37(29)38)27-36(26-34)41-43-39(30-15-6-2-7-16-30)42-40(44-41)31-17-8-3-9-18-31/h1-27H. The number of rotatable bonds is 5. The molecular weight excluding hydrogens is 534 g/mol. The van der Waals surface area contributed by atoms with Gasteiger partial charge in [0.05, 0.1) is 0 Å². The summed E-state index contributed by atoms with van der Waals surface area (Å²) in [7, 11) is 0. The van der Waals surface area contributed by atoms with Crippen molar-refractivity contribution in [2.24, 2.45) is 0 Å². The Hall–Kier alpha value is -5.93. The van der Waals surface area contributed by atoms with Gasteiger partial charge in [-0.3, -0.25) is 0 Å². The fourth-order valence-electron chi connectivity index (χ4n) is 5.85. The zero-order chi connectivity index (χ0) is 29.3. The summed E-state index contributed by atoms with van der Waals surface area (Å²) in [6.07, 6.45) is 0. The lowest BCUT2D eigenvalue weighted by Crippen LogP contribution is -2.00. The summed E-state index contributed by atoms with van der Waals surface area (Å²) in [4.78, 5) is 15.0. The third-order valence-electron chi connectivity index (χ3n) is 8.08. The minimum absolute atomic E-state index is 0.642. The number of hydrogen-bond acceptors (Lipinski definition) is 3. The van der Waals surface area contributed by atoms with Crippen molar-refractivity contribution in [3.8, 4) is 56.4 Å². The zero-order valence-corrected chi connectivity index (χ0v) is 23.9. The van der Waals surface area contributed by atoms with Crippen LogP contribution in [0.25, 0.3) is 78.0 Å². The molecule has 0 fully saturated rings. The van der Waals surface area contributed by atoms with Gasteiger partial charge in [0, 0.05) is 16.7 Å². The first kappa shape index (κ1) is 25.8. The highest BCUT2D eigenvalue weighted by atomic mass is 15.0. The summed E-state index contributed by atoms with van der Waals surface area (Å²) in [5.74, 6) is 1.95. The fourth-order valence-corrected chi connectivity index (χ4v) is 5.85. The predicted octanol–water partition coefficient (Wildman–Crippen LogP) is 10.5. The number of benzene rings is 7. The Morgan fingerprint density at radius 3 is 1.34 bits per heavy atom. The molecule has 3 heteroatoms. The van der Waals surface area contributed by atoms with Crippen LogP contribution in [0.4, 0.5) is 0 Å². The minimum Gasteiger partial charge on any atom is -0.208 e. The zero-order valence-electron chi connectivity index (χ0n) is 23.9. The van der Waals surface area contributed by atoms with E-state index in [4.69, 9.17) is 15.0 Å². The van der Waals surface area contributed by atoms with E-state index in [1.807, 2.05) is 66.7 Å². The van der Waals surface area contributed by atoms with Gasteiger partial charge < -0.3 is 0 Å². The molecule has 0 unspecified atom stereocenters. The monoisotopic (exact) mass is 561 g/mol.